The van der Waals surface area contributed by atoms with Gasteiger partial charge in [-0.2, -0.15) is 0 Å². The summed E-state index contributed by atoms with van der Waals surface area (Å²) in [4.78, 5) is 22.1. The number of rotatable bonds is 1. The summed E-state index contributed by atoms with van der Waals surface area (Å²) >= 11 is 3.22. The molecule has 1 heterocycles. The number of hydrogen-bond donors (Lipinski definition) is 1. The number of aromatic carboxylic acids is 1. The van der Waals surface area contributed by atoms with Crippen LogP contribution < -0.4 is 5.43 Å². The van der Waals surface area contributed by atoms with Gasteiger partial charge in [0.25, 0.3) is 0 Å². The van der Waals surface area contributed by atoms with Gasteiger partial charge in [-0.3, -0.25) is 4.79 Å². The topological polar surface area (TPSA) is 67.5 Å². The molecule has 0 saturated heterocycles. The van der Waals surface area contributed by atoms with Crippen LogP contribution in [0.25, 0.3) is 11.0 Å². The normalized spacial score (nSPS) is 10.5. The summed E-state index contributed by atoms with van der Waals surface area (Å²) in [6.07, 6.45) is 0. The van der Waals surface area contributed by atoms with Crippen molar-refractivity contribution in [3.8, 4) is 0 Å². The number of carbonyl (C=O) groups is 1. The van der Waals surface area contributed by atoms with Crippen LogP contribution in [-0.2, 0) is 0 Å². The molecule has 0 radical (unpaired) electrons. The molecule has 1 aromatic carbocycles. The first-order valence-electron chi connectivity index (χ1n) is 4.04. The molecule has 1 aromatic heterocycles. The van der Waals surface area contributed by atoms with E-state index in [1.54, 1.807) is 18.2 Å². The summed E-state index contributed by atoms with van der Waals surface area (Å²) in [5.41, 5.74) is -0.0990. The van der Waals surface area contributed by atoms with Gasteiger partial charge in [0.2, 0.25) is 5.76 Å². The van der Waals surface area contributed by atoms with Gasteiger partial charge in [-0.1, -0.05) is 15.9 Å². The average Bonchev–Trinajstić information content (AvgIpc) is 2.18. The van der Waals surface area contributed by atoms with Crippen molar-refractivity contribution in [2.75, 3.05) is 0 Å². The van der Waals surface area contributed by atoms with Crippen LogP contribution in [0.2, 0.25) is 0 Å². The van der Waals surface area contributed by atoms with E-state index in [9.17, 15) is 9.59 Å². The van der Waals surface area contributed by atoms with Gasteiger partial charge < -0.3 is 9.52 Å². The van der Waals surface area contributed by atoms with Crippen LogP contribution in [0.4, 0.5) is 0 Å². The summed E-state index contributed by atoms with van der Waals surface area (Å²) in [6, 6.07) is 5.79. The van der Waals surface area contributed by atoms with E-state index in [0.717, 1.165) is 10.5 Å². The Labute approximate surface area is 92.3 Å². The van der Waals surface area contributed by atoms with Crippen LogP contribution in [0.15, 0.2) is 37.9 Å². The molecule has 0 bridgehead atoms. The van der Waals surface area contributed by atoms with E-state index < -0.39 is 5.97 Å². The van der Waals surface area contributed by atoms with Crippen molar-refractivity contribution in [1.82, 2.24) is 0 Å². The van der Waals surface area contributed by atoms with E-state index in [1.807, 2.05) is 0 Å². The Morgan fingerprint density at radius 2 is 2.07 bits per heavy atom. The zero-order valence-corrected chi connectivity index (χ0v) is 8.95. The Hall–Kier alpha value is -1.62. The Balaban J connectivity index is 2.84. The minimum absolute atomic E-state index is 0.267. The highest BCUT2D eigenvalue weighted by Gasteiger charge is 2.10. The summed E-state index contributed by atoms with van der Waals surface area (Å²) in [7, 11) is 0. The van der Waals surface area contributed by atoms with Crippen molar-refractivity contribution in [1.29, 1.82) is 0 Å². The standard InChI is InChI=1S/C10H5BrO4/c11-5-1-2-8-6(3-5)7(12)4-9(15-8)10(13)14/h1-4H,(H,13,14). The van der Waals surface area contributed by atoms with Gasteiger partial charge >= 0.3 is 5.97 Å². The third-order valence-electron chi connectivity index (χ3n) is 1.90. The first-order valence-corrected chi connectivity index (χ1v) is 4.84. The minimum atomic E-state index is -1.25. The summed E-state index contributed by atoms with van der Waals surface area (Å²) in [5, 5.41) is 9.04. The highest BCUT2D eigenvalue weighted by molar-refractivity contribution is 9.10. The highest BCUT2D eigenvalue weighted by atomic mass is 79.9. The molecule has 0 saturated carbocycles. The quantitative estimate of drug-likeness (QED) is 0.862. The SMILES string of the molecule is O=C(O)c1cc(=O)c2cc(Br)ccc2o1. The molecule has 0 amide bonds. The first-order chi connectivity index (χ1) is 7.08. The van der Waals surface area contributed by atoms with Gasteiger partial charge in [-0.25, -0.2) is 4.79 Å². The average molecular weight is 269 g/mol. The lowest BCUT2D eigenvalue weighted by Crippen LogP contribution is -2.06. The molecular weight excluding hydrogens is 264 g/mol. The second-order valence-corrected chi connectivity index (χ2v) is 3.84. The van der Waals surface area contributed by atoms with Crippen LogP contribution in [-0.4, -0.2) is 11.1 Å². The van der Waals surface area contributed by atoms with Gasteiger partial charge in [-0.05, 0) is 18.2 Å². The molecule has 2 rings (SSSR count). The fourth-order valence-corrected chi connectivity index (χ4v) is 1.59. The predicted molar refractivity (Wildman–Crippen MR) is 57.1 cm³/mol. The molecule has 0 spiro atoms. The summed E-state index contributed by atoms with van der Waals surface area (Å²) in [6.45, 7) is 0. The Bertz CT molecular complexity index is 600. The lowest BCUT2D eigenvalue weighted by molar-refractivity contribution is 0.0663. The Kier molecular flexibility index (Phi) is 2.32. The molecule has 15 heavy (non-hydrogen) atoms. The largest absolute Gasteiger partial charge is 0.475 e. The smallest absolute Gasteiger partial charge is 0.371 e. The van der Waals surface area contributed by atoms with Crippen LogP contribution >= 0.6 is 15.9 Å². The van der Waals surface area contributed by atoms with E-state index in [1.165, 1.54) is 0 Å². The predicted octanol–water partition coefficient (Wildman–Crippen LogP) is 2.25. The minimum Gasteiger partial charge on any atom is -0.475 e. The lowest BCUT2D eigenvalue weighted by atomic mass is 10.2. The number of halogens is 1. The van der Waals surface area contributed by atoms with Crippen LogP contribution in [0.1, 0.15) is 10.6 Å². The third kappa shape index (κ3) is 1.78. The van der Waals surface area contributed by atoms with Crippen LogP contribution in [0.3, 0.4) is 0 Å². The number of fused-ring (bicyclic) bond motifs is 1. The zero-order chi connectivity index (χ0) is 11.0. The summed E-state index contributed by atoms with van der Waals surface area (Å²) in [5.74, 6) is -1.60. The van der Waals surface area contributed by atoms with Gasteiger partial charge in [0.05, 0.1) is 5.39 Å². The van der Waals surface area contributed by atoms with Gasteiger partial charge in [-0.15, -0.1) is 0 Å². The molecule has 0 aliphatic heterocycles. The van der Waals surface area contributed by atoms with E-state index in [0.29, 0.717) is 5.39 Å². The molecule has 4 nitrogen and oxygen atoms in total. The third-order valence-corrected chi connectivity index (χ3v) is 2.39. The second kappa shape index (κ2) is 3.51. The first kappa shape index (κ1) is 9.92. The number of benzene rings is 1. The number of carboxylic acid groups (broad SMARTS) is 1. The summed E-state index contributed by atoms with van der Waals surface area (Å²) < 4.78 is 5.78. The van der Waals surface area contributed by atoms with Crippen LogP contribution in [0.5, 0.6) is 0 Å². The van der Waals surface area contributed by atoms with Gasteiger partial charge in [0, 0.05) is 10.5 Å². The molecule has 0 aliphatic carbocycles. The van der Waals surface area contributed by atoms with E-state index >= 15 is 0 Å². The van der Waals surface area contributed by atoms with E-state index in [2.05, 4.69) is 15.9 Å². The molecule has 1 N–H and O–H groups in total. The lowest BCUT2D eigenvalue weighted by Gasteiger charge is -1.98. The van der Waals surface area contributed by atoms with Crippen molar-refractivity contribution < 1.29 is 14.3 Å². The van der Waals surface area contributed by atoms with Crippen LogP contribution in [0, 0.1) is 0 Å². The maximum Gasteiger partial charge on any atom is 0.371 e. The van der Waals surface area contributed by atoms with Gasteiger partial charge in [0.1, 0.15) is 5.58 Å². The molecule has 0 fully saturated rings. The fourth-order valence-electron chi connectivity index (χ4n) is 1.23. The zero-order valence-electron chi connectivity index (χ0n) is 7.36. The molecule has 0 atom stereocenters. The van der Waals surface area contributed by atoms with E-state index in [4.69, 9.17) is 9.52 Å². The molecule has 0 unspecified atom stereocenters. The molecule has 76 valence electrons. The molecule has 2 aromatic rings. The Morgan fingerprint density at radius 3 is 2.73 bits per heavy atom. The maximum atomic E-state index is 11.5. The van der Waals surface area contributed by atoms with Gasteiger partial charge in [0.15, 0.2) is 5.43 Å². The molecule has 0 aliphatic rings. The van der Waals surface area contributed by atoms with Crippen molar-refractivity contribution in [3.05, 3.63) is 44.7 Å². The van der Waals surface area contributed by atoms with Crippen molar-refractivity contribution in [2.24, 2.45) is 0 Å². The molecular formula is C10H5BrO4. The monoisotopic (exact) mass is 268 g/mol. The number of hydrogen-bond acceptors (Lipinski definition) is 3. The Morgan fingerprint density at radius 1 is 1.33 bits per heavy atom. The highest BCUT2D eigenvalue weighted by Crippen LogP contribution is 2.17. The molecule has 5 heteroatoms. The van der Waals surface area contributed by atoms with Crippen molar-refractivity contribution in [2.45, 2.75) is 0 Å². The van der Waals surface area contributed by atoms with Crippen molar-refractivity contribution in [3.63, 3.8) is 0 Å². The van der Waals surface area contributed by atoms with E-state index in [-0.39, 0.29) is 16.8 Å². The number of carboxylic acids is 1. The fraction of sp³-hybridized carbons (Fsp3) is 0. The van der Waals surface area contributed by atoms with Crippen molar-refractivity contribution >= 4 is 32.9 Å². The second-order valence-electron chi connectivity index (χ2n) is 2.92. The maximum absolute atomic E-state index is 11.5.